The lowest BCUT2D eigenvalue weighted by atomic mass is 10.1. The Morgan fingerprint density at radius 3 is 2.62 bits per heavy atom. The maximum absolute atomic E-state index is 11.9. The van der Waals surface area contributed by atoms with Gasteiger partial charge in [0.15, 0.2) is 5.78 Å². The molecule has 88 valence electrons. The third-order valence-electron chi connectivity index (χ3n) is 2.49. The summed E-state index contributed by atoms with van der Waals surface area (Å²) in [5.74, 6) is 0.115. The second kappa shape index (κ2) is 7.14. The number of Topliss-reactive ketones (excluding diaryl/α,β-unsaturated/α-hetero) is 1. The standard InChI is InChI=1S/C13H19NO2/c1-11(14-9-5-6-10-15)13(16)12-7-3-2-4-8-12/h2-4,7-8,11,14-15H,5-6,9-10H2,1H3. The number of carbonyl (C=O) groups excluding carboxylic acids is 1. The molecule has 0 amide bonds. The number of rotatable bonds is 7. The Hall–Kier alpha value is -1.19. The van der Waals surface area contributed by atoms with Gasteiger partial charge in [0.2, 0.25) is 0 Å². The highest BCUT2D eigenvalue weighted by molar-refractivity contribution is 5.99. The van der Waals surface area contributed by atoms with Crippen LogP contribution in [0, 0.1) is 0 Å². The van der Waals surface area contributed by atoms with Gasteiger partial charge in [0, 0.05) is 12.2 Å². The molecular weight excluding hydrogens is 202 g/mol. The van der Waals surface area contributed by atoms with Crippen molar-refractivity contribution in [3.63, 3.8) is 0 Å². The molecule has 1 rings (SSSR count). The normalized spacial score (nSPS) is 12.4. The molecule has 0 radical (unpaired) electrons. The minimum absolute atomic E-state index is 0.115. The highest BCUT2D eigenvalue weighted by Crippen LogP contribution is 2.03. The van der Waals surface area contributed by atoms with E-state index in [4.69, 9.17) is 5.11 Å². The van der Waals surface area contributed by atoms with Crippen LogP contribution in [0.15, 0.2) is 30.3 Å². The van der Waals surface area contributed by atoms with Crippen molar-refractivity contribution in [1.82, 2.24) is 5.32 Å². The van der Waals surface area contributed by atoms with Crippen molar-refractivity contribution in [3.05, 3.63) is 35.9 Å². The largest absolute Gasteiger partial charge is 0.396 e. The molecule has 0 saturated heterocycles. The van der Waals surface area contributed by atoms with Gasteiger partial charge in [-0.1, -0.05) is 30.3 Å². The highest BCUT2D eigenvalue weighted by Gasteiger charge is 2.13. The molecule has 0 aliphatic rings. The predicted octanol–water partition coefficient (Wildman–Crippen LogP) is 1.62. The lowest BCUT2D eigenvalue weighted by Gasteiger charge is -2.12. The third kappa shape index (κ3) is 4.13. The Labute approximate surface area is 96.5 Å². The van der Waals surface area contributed by atoms with Crippen molar-refractivity contribution >= 4 is 5.78 Å². The monoisotopic (exact) mass is 221 g/mol. The molecular formula is C13H19NO2. The lowest BCUT2D eigenvalue weighted by molar-refractivity contribution is 0.0951. The van der Waals surface area contributed by atoms with Crippen LogP contribution in [0.3, 0.4) is 0 Å². The fraction of sp³-hybridized carbons (Fsp3) is 0.462. The number of nitrogens with one attached hydrogen (secondary N) is 1. The fourth-order valence-electron chi connectivity index (χ4n) is 1.50. The van der Waals surface area contributed by atoms with E-state index >= 15 is 0 Å². The van der Waals surface area contributed by atoms with Crippen LogP contribution in [-0.2, 0) is 0 Å². The SMILES string of the molecule is CC(NCCCCO)C(=O)c1ccccc1. The molecule has 0 fully saturated rings. The summed E-state index contributed by atoms with van der Waals surface area (Å²) in [6.45, 7) is 2.84. The molecule has 2 N–H and O–H groups in total. The smallest absolute Gasteiger partial charge is 0.179 e. The number of unbranched alkanes of at least 4 members (excludes halogenated alkanes) is 1. The van der Waals surface area contributed by atoms with E-state index in [0.29, 0.717) is 0 Å². The zero-order valence-corrected chi connectivity index (χ0v) is 9.65. The van der Waals surface area contributed by atoms with Gasteiger partial charge in [-0.15, -0.1) is 0 Å². The maximum Gasteiger partial charge on any atom is 0.179 e. The molecule has 0 aromatic heterocycles. The minimum Gasteiger partial charge on any atom is -0.396 e. The predicted molar refractivity (Wildman–Crippen MR) is 64.6 cm³/mol. The van der Waals surface area contributed by atoms with Gasteiger partial charge in [0.05, 0.1) is 6.04 Å². The van der Waals surface area contributed by atoms with Crippen molar-refractivity contribution in [3.8, 4) is 0 Å². The average molecular weight is 221 g/mol. The highest BCUT2D eigenvalue weighted by atomic mass is 16.2. The minimum atomic E-state index is -0.166. The number of aliphatic hydroxyl groups excluding tert-OH is 1. The summed E-state index contributed by atoms with van der Waals surface area (Å²) in [5, 5.41) is 11.8. The molecule has 16 heavy (non-hydrogen) atoms. The summed E-state index contributed by atoms with van der Waals surface area (Å²) < 4.78 is 0. The van der Waals surface area contributed by atoms with E-state index in [1.54, 1.807) is 0 Å². The van der Waals surface area contributed by atoms with Crippen LogP contribution < -0.4 is 5.32 Å². The Morgan fingerprint density at radius 1 is 1.31 bits per heavy atom. The Morgan fingerprint density at radius 2 is 2.00 bits per heavy atom. The second-order valence-corrected chi connectivity index (χ2v) is 3.84. The van der Waals surface area contributed by atoms with Crippen LogP contribution in [0.25, 0.3) is 0 Å². The molecule has 1 aromatic rings. The summed E-state index contributed by atoms with van der Waals surface area (Å²) in [7, 11) is 0. The fourth-order valence-corrected chi connectivity index (χ4v) is 1.50. The Balaban J connectivity index is 2.37. The molecule has 0 heterocycles. The van der Waals surface area contributed by atoms with Gasteiger partial charge in [-0.2, -0.15) is 0 Å². The maximum atomic E-state index is 11.9. The first-order chi connectivity index (χ1) is 7.75. The van der Waals surface area contributed by atoms with E-state index in [2.05, 4.69) is 5.32 Å². The van der Waals surface area contributed by atoms with Crippen molar-refractivity contribution in [2.75, 3.05) is 13.2 Å². The molecule has 0 aliphatic carbocycles. The van der Waals surface area contributed by atoms with E-state index < -0.39 is 0 Å². The number of ketones is 1. The molecule has 0 spiro atoms. The molecule has 1 unspecified atom stereocenters. The van der Waals surface area contributed by atoms with Crippen molar-refractivity contribution < 1.29 is 9.90 Å². The number of carbonyl (C=O) groups is 1. The van der Waals surface area contributed by atoms with Crippen molar-refractivity contribution in [2.24, 2.45) is 0 Å². The number of aliphatic hydroxyl groups is 1. The van der Waals surface area contributed by atoms with Gasteiger partial charge >= 0.3 is 0 Å². The van der Waals surface area contributed by atoms with Crippen LogP contribution in [-0.4, -0.2) is 30.1 Å². The van der Waals surface area contributed by atoms with E-state index in [1.807, 2.05) is 37.3 Å². The third-order valence-corrected chi connectivity index (χ3v) is 2.49. The van der Waals surface area contributed by atoms with E-state index in [0.717, 1.165) is 24.9 Å². The zero-order valence-electron chi connectivity index (χ0n) is 9.65. The van der Waals surface area contributed by atoms with Gasteiger partial charge in [-0.25, -0.2) is 0 Å². The van der Waals surface area contributed by atoms with Gasteiger partial charge in [-0.3, -0.25) is 4.79 Å². The Kier molecular flexibility index (Phi) is 5.75. The summed E-state index contributed by atoms with van der Waals surface area (Å²) in [6, 6.07) is 9.12. The summed E-state index contributed by atoms with van der Waals surface area (Å²) >= 11 is 0. The second-order valence-electron chi connectivity index (χ2n) is 3.84. The first-order valence-corrected chi connectivity index (χ1v) is 5.69. The first-order valence-electron chi connectivity index (χ1n) is 5.69. The summed E-state index contributed by atoms with van der Waals surface area (Å²) in [5.41, 5.74) is 0.740. The van der Waals surface area contributed by atoms with Crippen LogP contribution >= 0.6 is 0 Å². The van der Waals surface area contributed by atoms with Crippen LogP contribution in [0.4, 0.5) is 0 Å². The van der Waals surface area contributed by atoms with Gasteiger partial charge < -0.3 is 10.4 Å². The van der Waals surface area contributed by atoms with E-state index in [9.17, 15) is 4.79 Å². The number of hydrogen-bond acceptors (Lipinski definition) is 3. The lowest BCUT2D eigenvalue weighted by Crippen LogP contribution is -2.34. The molecule has 3 nitrogen and oxygen atoms in total. The number of hydrogen-bond donors (Lipinski definition) is 2. The van der Waals surface area contributed by atoms with Crippen LogP contribution in [0.2, 0.25) is 0 Å². The molecule has 1 atom stereocenters. The van der Waals surface area contributed by atoms with E-state index in [-0.39, 0.29) is 18.4 Å². The summed E-state index contributed by atoms with van der Waals surface area (Å²) in [6.07, 6.45) is 1.67. The molecule has 0 aliphatic heterocycles. The quantitative estimate of drug-likeness (QED) is 0.543. The van der Waals surface area contributed by atoms with Crippen molar-refractivity contribution in [2.45, 2.75) is 25.8 Å². The van der Waals surface area contributed by atoms with E-state index in [1.165, 1.54) is 0 Å². The van der Waals surface area contributed by atoms with Crippen LogP contribution in [0.5, 0.6) is 0 Å². The van der Waals surface area contributed by atoms with Gasteiger partial charge in [0.25, 0.3) is 0 Å². The molecule has 1 aromatic carbocycles. The molecule has 0 bridgehead atoms. The zero-order chi connectivity index (χ0) is 11.8. The van der Waals surface area contributed by atoms with Gasteiger partial charge in [-0.05, 0) is 26.3 Å². The van der Waals surface area contributed by atoms with Crippen molar-refractivity contribution in [1.29, 1.82) is 0 Å². The Bertz CT molecular complexity index is 311. The van der Waals surface area contributed by atoms with Crippen LogP contribution in [0.1, 0.15) is 30.1 Å². The topological polar surface area (TPSA) is 49.3 Å². The van der Waals surface area contributed by atoms with Gasteiger partial charge in [0.1, 0.15) is 0 Å². The number of benzene rings is 1. The average Bonchev–Trinajstić information content (AvgIpc) is 2.34. The summed E-state index contributed by atoms with van der Waals surface area (Å²) in [4.78, 5) is 11.9. The first kappa shape index (κ1) is 12.9. The molecule has 3 heteroatoms. The molecule has 0 saturated carbocycles.